The van der Waals surface area contributed by atoms with Gasteiger partial charge in [0.05, 0.1) is 12.6 Å². The molecule has 5 heteroatoms. The normalized spacial score (nSPS) is 22.3. The van der Waals surface area contributed by atoms with Crippen LogP contribution in [0, 0.1) is 0 Å². The van der Waals surface area contributed by atoms with Crippen molar-refractivity contribution in [3.63, 3.8) is 0 Å². The monoisotopic (exact) mass is 183 g/mol. The van der Waals surface area contributed by atoms with E-state index in [1.54, 1.807) is 0 Å². The van der Waals surface area contributed by atoms with Crippen molar-refractivity contribution in [3.05, 3.63) is 12.2 Å². The molecule has 1 fully saturated rings. The third-order valence-electron chi connectivity index (χ3n) is 2.09. The molecule has 13 heavy (non-hydrogen) atoms. The highest BCUT2D eigenvalue weighted by Crippen LogP contribution is 2.10. The lowest BCUT2D eigenvalue weighted by Crippen LogP contribution is -2.26. The van der Waals surface area contributed by atoms with Crippen LogP contribution in [0.5, 0.6) is 0 Å². The summed E-state index contributed by atoms with van der Waals surface area (Å²) in [6.45, 7) is 2.42. The van der Waals surface area contributed by atoms with Crippen molar-refractivity contribution in [2.45, 2.75) is 25.5 Å². The van der Waals surface area contributed by atoms with E-state index in [0.29, 0.717) is 18.5 Å². The highest BCUT2D eigenvalue weighted by molar-refractivity contribution is 4.77. The first-order chi connectivity index (χ1) is 6.45. The van der Waals surface area contributed by atoms with E-state index in [4.69, 9.17) is 4.74 Å². The molecule has 1 aliphatic heterocycles. The van der Waals surface area contributed by atoms with E-state index >= 15 is 0 Å². The van der Waals surface area contributed by atoms with Crippen molar-refractivity contribution in [2.75, 3.05) is 13.2 Å². The van der Waals surface area contributed by atoms with Gasteiger partial charge in [-0.1, -0.05) is 5.16 Å². The molecule has 0 saturated carbocycles. The SMILES string of the molecule is c1nc(CNCC2CCCO2)no1. The second-order valence-electron chi connectivity index (χ2n) is 3.11. The fourth-order valence-electron chi connectivity index (χ4n) is 1.42. The summed E-state index contributed by atoms with van der Waals surface area (Å²) in [6.07, 6.45) is 4.03. The molecule has 1 atom stereocenters. The first-order valence-electron chi connectivity index (χ1n) is 4.53. The largest absolute Gasteiger partial charge is 0.377 e. The number of nitrogens with one attached hydrogen (secondary N) is 1. The van der Waals surface area contributed by atoms with Gasteiger partial charge in [0.25, 0.3) is 0 Å². The minimum absolute atomic E-state index is 0.368. The standard InChI is InChI=1S/C8H13N3O2/c1-2-7(12-3-1)4-9-5-8-10-6-13-11-8/h6-7,9H,1-5H2. The molecule has 0 spiro atoms. The number of aromatic nitrogens is 2. The summed E-state index contributed by atoms with van der Waals surface area (Å²) in [6, 6.07) is 0. The Morgan fingerprint density at radius 1 is 1.62 bits per heavy atom. The lowest BCUT2D eigenvalue weighted by atomic mass is 10.2. The van der Waals surface area contributed by atoms with Gasteiger partial charge in [0, 0.05) is 13.2 Å². The van der Waals surface area contributed by atoms with Gasteiger partial charge >= 0.3 is 0 Å². The van der Waals surface area contributed by atoms with Gasteiger partial charge in [0.1, 0.15) is 0 Å². The maximum atomic E-state index is 5.45. The van der Waals surface area contributed by atoms with Crippen molar-refractivity contribution >= 4 is 0 Å². The molecule has 5 nitrogen and oxygen atoms in total. The van der Waals surface area contributed by atoms with Crippen molar-refractivity contribution in [3.8, 4) is 0 Å². The zero-order chi connectivity index (χ0) is 8.93. The van der Waals surface area contributed by atoms with Gasteiger partial charge in [-0.3, -0.25) is 0 Å². The predicted molar refractivity (Wildman–Crippen MR) is 45.0 cm³/mol. The Morgan fingerprint density at radius 3 is 3.31 bits per heavy atom. The molecule has 0 aliphatic carbocycles. The van der Waals surface area contributed by atoms with E-state index in [9.17, 15) is 0 Å². The van der Waals surface area contributed by atoms with E-state index in [1.807, 2.05) is 0 Å². The molecule has 2 heterocycles. The Balaban J connectivity index is 1.63. The molecule has 1 N–H and O–H groups in total. The van der Waals surface area contributed by atoms with Crippen molar-refractivity contribution in [1.82, 2.24) is 15.5 Å². The van der Waals surface area contributed by atoms with Gasteiger partial charge in [-0.05, 0) is 12.8 Å². The number of ether oxygens (including phenoxy) is 1. The molecular formula is C8H13N3O2. The maximum absolute atomic E-state index is 5.45. The summed E-state index contributed by atoms with van der Waals surface area (Å²) >= 11 is 0. The van der Waals surface area contributed by atoms with Gasteiger partial charge in [-0.25, -0.2) is 0 Å². The van der Waals surface area contributed by atoms with Crippen LogP contribution < -0.4 is 5.32 Å². The van der Waals surface area contributed by atoms with Crippen LogP contribution in [0.4, 0.5) is 0 Å². The van der Waals surface area contributed by atoms with Gasteiger partial charge < -0.3 is 14.6 Å². The minimum atomic E-state index is 0.368. The second kappa shape index (κ2) is 4.34. The molecule has 72 valence electrons. The van der Waals surface area contributed by atoms with Crippen molar-refractivity contribution < 1.29 is 9.26 Å². The van der Waals surface area contributed by atoms with Crippen LogP contribution in [0.25, 0.3) is 0 Å². The van der Waals surface area contributed by atoms with E-state index < -0.39 is 0 Å². The van der Waals surface area contributed by atoms with E-state index in [2.05, 4.69) is 20.0 Å². The molecule has 0 aromatic carbocycles. The van der Waals surface area contributed by atoms with Gasteiger partial charge in [0.15, 0.2) is 5.82 Å². The number of nitrogens with zero attached hydrogens (tertiary/aromatic N) is 2. The molecular weight excluding hydrogens is 170 g/mol. The summed E-state index contributed by atoms with van der Waals surface area (Å²) in [5.74, 6) is 0.693. The number of hydrogen-bond acceptors (Lipinski definition) is 5. The average Bonchev–Trinajstić information content (AvgIpc) is 2.75. The first-order valence-corrected chi connectivity index (χ1v) is 4.53. The smallest absolute Gasteiger partial charge is 0.213 e. The second-order valence-corrected chi connectivity index (χ2v) is 3.11. The van der Waals surface area contributed by atoms with E-state index in [0.717, 1.165) is 19.6 Å². The first kappa shape index (κ1) is 8.65. The van der Waals surface area contributed by atoms with Crippen LogP contribution in [0.2, 0.25) is 0 Å². The summed E-state index contributed by atoms with van der Waals surface area (Å²) in [5.41, 5.74) is 0. The van der Waals surface area contributed by atoms with Crippen molar-refractivity contribution in [1.29, 1.82) is 0 Å². The Kier molecular flexibility index (Phi) is 2.89. The zero-order valence-corrected chi connectivity index (χ0v) is 7.40. The lowest BCUT2D eigenvalue weighted by Gasteiger charge is -2.08. The quantitative estimate of drug-likeness (QED) is 0.729. The van der Waals surface area contributed by atoms with E-state index in [-0.39, 0.29) is 0 Å². The molecule has 1 unspecified atom stereocenters. The van der Waals surface area contributed by atoms with Crippen LogP contribution in [-0.4, -0.2) is 29.4 Å². The number of hydrogen-bond donors (Lipinski definition) is 1. The van der Waals surface area contributed by atoms with Crippen LogP contribution in [0.1, 0.15) is 18.7 Å². The summed E-state index contributed by atoms with van der Waals surface area (Å²) < 4.78 is 10.1. The van der Waals surface area contributed by atoms with Gasteiger partial charge in [-0.2, -0.15) is 4.98 Å². The van der Waals surface area contributed by atoms with Gasteiger partial charge in [0.2, 0.25) is 6.39 Å². The Labute approximate surface area is 76.5 Å². The summed E-state index contributed by atoms with van der Waals surface area (Å²) in [5, 5.41) is 6.91. The number of rotatable bonds is 4. The predicted octanol–water partition coefficient (Wildman–Crippen LogP) is 0.338. The molecule has 1 aromatic rings. The average molecular weight is 183 g/mol. The summed E-state index contributed by atoms with van der Waals surface area (Å²) in [4.78, 5) is 3.90. The highest BCUT2D eigenvalue weighted by atomic mass is 16.5. The van der Waals surface area contributed by atoms with Crippen LogP contribution in [0.15, 0.2) is 10.9 Å². The Hall–Kier alpha value is -0.940. The molecule has 1 aromatic heterocycles. The minimum Gasteiger partial charge on any atom is -0.377 e. The highest BCUT2D eigenvalue weighted by Gasteiger charge is 2.14. The molecule has 0 bridgehead atoms. The molecule has 1 aliphatic rings. The summed E-state index contributed by atoms with van der Waals surface area (Å²) in [7, 11) is 0. The molecule has 2 rings (SSSR count). The van der Waals surface area contributed by atoms with Crippen LogP contribution in [0.3, 0.4) is 0 Å². The maximum Gasteiger partial charge on any atom is 0.213 e. The third-order valence-corrected chi connectivity index (χ3v) is 2.09. The Bertz CT molecular complexity index is 232. The fraction of sp³-hybridized carbons (Fsp3) is 0.750. The van der Waals surface area contributed by atoms with Crippen LogP contribution in [-0.2, 0) is 11.3 Å². The molecule has 0 amide bonds. The van der Waals surface area contributed by atoms with Gasteiger partial charge in [-0.15, -0.1) is 0 Å². The van der Waals surface area contributed by atoms with E-state index in [1.165, 1.54) is 12.8 Å². The van der Waals surface area contributed by atoms with Crippen LogP contribution >= 0.6 is 0 Å². The molecule has 1 saturated heterocycles. The lowest BCUT2D eigenvalue weighted by molar-refractivity contribution is 0.109. The Morgan fingerprint density at radius 2 is 2.62 bits per heavy atom. The fourth-order valence-corrected chi connectivity index (χ4v) is 1.42. The zero-order valence-electron chi connectivity index (χ0n) is 7.40. The van der Waals surface area contributed by atoms with Crippen molar-refractivity contribution in [2.24, 2.45) is 0 Å². The third kappa shape index (κ3) is 2.50. The topological polar surface area (TPSA) is 60.2 Å². The molecule has 0 radical (unpaired) electrons.